The summed E-state index contributed by atoms with van der Waals surface area (Å²) in [6.45, 7) is 8.06. The van der Waals surface area contributed by atoms with Crippen molar-refractivity contribution in [3.05, 3.63) is 29.8 Å². The van der Waals surface area contributed by atoms with Crippen LogP contribution in [0.2, 0.25) is 0 Å². The molecular formula is C14H22N2O2. The molecule has 0 fully saturated rings. The lowest BCUT2D eigenvalue weighted by Gasteiger charge is -2.22. The molecule has 1 aromatic carbocycles. The molecule has 0 heterocycles. The first-order chi connectivity index (χ1) is 8.13. The molecule has 0 aromatic heterocycles. The quantitative estimate of drug-likeness (QED) is 0.851. The summed E-state index contributed by atoms with van der Waals surface area (Å²) in [5.74, 6) is 0.106. The van der Waals surface area contributed by atoms with Crippen molar-refractivity contribution < 1.29 is 9.53 Å². The molecule has 1 amide bonds. The minimum absolute atomic E-state index is 0.0667. The Labute approximate surface area is 108 Å². The minimum atomic E-state index is -1.15. The van der Waals surface area contributed by atoms with Gasteiger partial charge < -0.3 is 16.2 Å². The van der Waals surface area contributed by atoms with E-state index >= 15 is 0 Å². The lowest BCUT2D eigenvalue weighted by atomic mass is 9.87. The topological polar surface area (TPSA) is 78.3 Å². The predicted molar refractivity (Wildman–Crippen MR) is 72.4 cm³/mol. The van der Waals surface area contributed by atoms with Crippen molar-refractivity contribution in [1.82, 2.24) is 0 Å². The summed E-state index contributed by atoms with van der Waals surface area (Å²) >= 11 is 0. The normalized spacial score (nSPS) is 14.9. The molecule has 4 heteroatoms. The first-order valence-corrected chi connectivity index (χ1v) is 5.95. The van der Waals surface area contributed by atoms with Crippen LogP contribution in [0, 0.1) is 0 Å². The molecule has 4 nitrogen and oxygen atoms in total. The van der Waals surface area contributed by atoms with E-state index in [1.807, 2.05) is 24.3 Å². The summed E-state index contributed by atoms with van der Waals surface area (Å²) in [5.41, 5.74) is 11.1. The number of amides is 1. The van der Waals surface area contributed by atoms with Gasteiger partial charge in [-0.05, 0) is 30.0 Å². The Morgan fingerprint density at radius 2 is 1.67 bits per heavy atom. The molecule has 0 aliphatic heterocycles. The molecule has 100 valence electrons. The van der Waals surface area contributed by atoms with Crippen molar-refractivity contribution in [2.24, 2.45) is 11.5 Å². The van der Waals surface area contributed by atoms with Gasteiger partial charge in [0, 0.05) is 0 Å². The summed E-state index contributed by atoms with van der Waals surface area (Å²) < 4.78 is 5.47. The first kappa shape index (κ1) is 14.5. The van der Waals surface area contributed by atoms with Gasteiger partial charge in [0.05, 0.1) is 0 Å². The van der Waals surface area contributed by atoms with Crippen LogP contribution in [0.1, 0.15) is 33.3 Å². The van der Waals surface area contributed by atoms with Crippen LogP contribution in [0.15, 0.2) is 24.3 Å². The highest BCUT2D eigenvalue weighted by molar-refractivity contribution is 5.84. The summed E-state index contributed by atoms with van der Waals surface area (Å²) in [4.78, 5) is 11.0. The predicted octanol–water partition coefficient (Wildman–Crippen LogP) is 1.57. The van der Waals surface area contributed by atoms with Crippen molar-refractivity contribution in [2.75, 3.05) is 6.61 Å². The highest BCUT2D eigenvalue weighted by Crippen LogP contribution is 2.24. The van der Waals surface area contributed by atoms with E-state index in [0.717, 1.165) is 0 Å². The van der Waals surface area contributed by atoms with Crippen LogP contribution in [0.3, 0.4) is 0 Å². The van der Waals surface area contributed by atoms with Gasteiger partial charge in [0.15, 0.2) is 0 Å². The van der Waals surface area contributed by atoms with Crippen LogP contribution < -0.4 is 16.2 Å². The fourth-order valence-electron chi connectivity index (χ4n) is 1.36. The summed E-state index contributed by atoms with van der Waals surface area (Å²) in [6, 6.07) is 7.76. The van der Waals surface area contributed by atoms with Crippen LogP contribution in [-0.4, -0.2) is 18.1 Å². The molecule has 0 aliphatic rings. The molecule has 0 spiro atoms. The van der Waals surface area contributed by atoms with E-state index in [-0.39, 0.29) is 12.0 Å². The number of benzene rings is 1. The van der Waals surface area contributed by atoms with Crippen LogP contribution in [-0.2, 0) is 10.2 Å². The smallest absolute Gasteiger partial charge is 0.240 e. The maximum atomic E-state index is 11.0. The van der Waals surface area contributed by atoms with E-state index in [2.05, 4.69) is 20.8 Å². The van der Waals surface area contributed by atoms with Crippen molar-refractivity contribution in [1.29, 1.82) is 0 Å². The van der Waals surface area contributed by atoms with Gasteiger partial charge in [0.2, 0.25) is 5.91 Å². The summed E-state index contributed by atoms with van der Waals surface area (Å²) in [6.07, 6.45) is 0. The molecule has 1 rings (SSSR count). The zero-order valence-corrected chi connectivity index (χ0v) is 11.5. The number of hydrogen-bond acceptors (Lipinski definition) is 3. The van der Waals surface area contributed by atoms with E-state index in [4.69, 9.17) is 16.2 Å². The van der Waals surface area contributed by atoms with Gasteiger partial charge in [-0.15, -0.1) is 0 Å². The maximum absolute atomic E-state index is 11.0. The van der Waals surface area contributed by atoms with E-state index in [0.29, 0.717) is 5.75 Å². The maximum Gasteiger partial charge on any atom is 0.240 e. The third kappa shape index (κ3) is 3.74. The van der Waals surface area contributed by atoms with Gasteiger partial charge >= 0.3 is 0 Å². The van der Waals surface area contributed by atoms with Gasteiger partial charge in [-0.1, -0.05) is 32.9 Å². The second kappa shape index (κ2) is 4.98. The molecule has 0 saturated carbocycles. The molecular weight excluding hydrogens is 228 g/mol. The zero-order chi connectivity index (χ0) is 14.0. The van der Waals surface area contributed by atoms with Crippen LogP contribution in [0.25, 0.3) is 0 Å². The monoisotopic (exact) mass is 250 g/mol. The Morgan fingerprint density at radius 1 is 1.17 bits per heavy atom. The lowest BCUT2D eigenvalue weighted by Crippen LogP contribution is -2.53. The number of primary amides is 1. The van der Waals surface area contributed by atoms with Gasteiger partial charge in [0.1, 0.15) is 17.9 Å². The molecule has 0 aliphatic carbocycles. The average Bonchev–Trinajstić information content (AvgIpc) is 2.25. The number of carbonyl (C=O) groups excluding carboxylic acids is 1. The van der Waals surface area contributed by atoms with Gasteiger partial charge in [-0.3, -0.25) is 4.79 Å². The Balaban J connectivity index is 2.68. The molecule has 0 bridgehead atoms. The second-order valence-corrected chi connectivity index (χ2v) is 5.84. The fourth-order valence-corrected chi connectivity index (χ4v) is 1.36. The largest absolute Gasteiger partial charge is 0.491 e. The van der Waals surface area contributed by atoms with Crippen molar-refractivity contribution >= 4 is 5.91 Å². The van der Waals surface area contributed by atoms with E-state index in [9.17, 15) is 4.79 Å². The summed E-state index contributed by atoms with van der Waals surface area (Å²) in [5, 5.41) is 0. The van der Waals surface area contributed by atoms with E-state index in [1.54, 1.807) is 6.92 Å². The third-order valence-electron chi connectivity index (χ3n) is 2.82. The first-order valence-electron chi connectivity index (χ1n) is 5.95. The standard InChI is InChI=1S/C14H22N2O2/c1-13(2,3)10-5-7-11(8-6-10)18-9-14(4,16)12(15)17/h5-8H,9,16H2,1-4H3,(H2,15,17). The van der Waals surface area contributed by atoms with Crippen LogP contribution in [0.5, 0.6) is 5.75 Å². The molecule has 1 aromatic rings. The second-order valence-electron chi connectivity index (χ2n) is 5.84. The number of hydrogen-bond donors (Lipinski definition) is 2. The van der Waals surface area contributed by atoms with E-state index < -0.39 is 11.4 Å². The summed E-state index contributed by atoms with van der Waals surface area (Å²) in [7, 11) is 0. The van der Waals surface area contributed by atoms with Crippen molar-refractivity contribution in [3.8, 4) is 5.75 Å². The Morgan fingerprint density at radius 3 is 2.06 bits per heavy atom. The minimum Gasteiger partial charge on any atom is -0.491 e. The zero-order valence-electron chi connectivity index (χ0n) is 11.5. The molecule has 4 N–H and O–H groups in total. The van der Waals surface area contributed by atoms with Crippen LogP contribution >= 0.6 is 0 Å². The average molecular weight is 250 g/mol. The molecule has 18 heavy (non-hydrogen) atoms. The van der Waals surface area contributed by atoms with Crippen molar-refractivity contribution in [3.63, 3.8) is 0 Å². The van der Waals surface area contributed by atoms with Crippen LogP contribution in [0.4, 0.5) is 0 Å². The third-order valence-corrected chi connectivity index (χ3v) is 2.82. The van der Waals surface area contributed by atoms with Gasteiger partial charge in [-0.25, -0.2) is 0 Å². The lowest BCUT2D eigenvalue weighted by molar-refractivity contribution is -0.123. The van der Waals surface area contributed by atoms with Crippen molar-refractivity contribution in [2.45, 2.75) is 38.6 Å². The van der Waals surface area contributed by atoms with E-state index in [1.165, 1.54) is 5.56 Å². The Kier molecular flexibility index (Phi) is 4.02. The molecule has 1 unspecified atom stereocenters. The molecule has 0 saturated heterocycles. The number of carbonyl (C=O) groups is 1. The highest BCUT2D eigenvalue weighted by atomic mass is 16.5. The number of nitrogens with two attached hydrogens (primary N) is 2. The Bertz CT molecular complexity index is 416. The Hall–Kier alpha value is -1.55. The molecule has 1 atom stereocenters. The molecule has 0 radical (unpaired) electrons. The SMILES string of the molecule is CC(N)(COc1ccc(C(C)(C)C)cc1)C(N)=O. The van der Waals surface area contributed by atoms with Gasteiger partial charge in [0.25, 0.3) is 0 Å². The highest BCUT2D eigenvalue weighted by Gasteiger charge is 2.26. The number of ether oxygens (including phenoxy) is 1. The fraction of sp³-hybridized carbons (Fsp3) is 0.500. The number of rotatable bonds is 4. The van der Waals surface area contributed by atoms with Gasteiger partial charge in [-0.2, -0.15) is 0 Å².